The number of H-pyrrole nitrogens is 1. The van der Waals surface area contributed by atoms with Gasteiger partial charge in [-0.25, -0.2) is 9.78 Å². The van der Waals surface area contributed by atoms with E-state index in [1.54, 1.807) is 0 Å². The van der Waals surface area contributed by atoms with Crippen LogP contribution in [0.4, 0.5) is 4.79 Å². The number of nitrogens with zero attached hydrogens (tertiary/aromatic N) is 2. The molecule has 1 heterocycles. The molecule has 8 heteroatoms. The number of thioether (sulfide) groups is 1. The van der Waals surface area contributed by atoms with Gasteiger partial charge in [0.2, 0.25) is 11.1 Å². The second kappa shape index (κ2) is 9.38. The van der Waals surface area contributed by atoms with E-state index in [0.29, 0.717) is 17.6 Å². The molecule has 1 aromatic carbocycles. The minimum atomic E-state index is -0.503. The molecule has 3 amide bonds. The largest absolute Gasteiger partial charge is 0.334 e. The molecule has 2 aromatic rings. The third-order valence-corrected chi connectivity index (χ3v) is 5.20. The summed E-state index contributed by atoms with van der Waals surface area (Å²) in [4.78, 5) is 28.0. The van der Waals surface area contributed by atoms with E-state index in [0.717, 1.165) is 17.8 Å². The lowest BCUT2D eigenvalue weighted by molar-refractivity contribution is -0.117. The highest BCUT2D eigenvalue weighted by Crippen LogP contribution is 2.27. The van der Waals surface area contributed by atoms with Gasteiger partial charge in [0, 0.05) is 13.0 Å². The summed E-state index contributed by atoms with van der Waals surface area (Å²) in [5, 5.41) is 12.6. The van der Waals surface area contributed by atoms with Crippen molar-refractivity contribution in [3.8, 4) is 0 Å². The van der Waals surface area contributed by atoms with Gasteiger partial charge in [0.15, 0.2) is 0 Å². The Morgan fingerprint density at radius 1 is 1.19 bits per heavy atom. The molecule has 1 aromatic heterocycles. The van der Waals surface area contributed by atoms with Crippen LogP contribution in [0.25, 0.3) is 0 Å². The van der Waals surface area contributed by atoms with Gasteiger partial charge in [0.1, 0.15) is 5.82 Å². The van der Waals surface area contributed by atoms with E-state index in [9.17, 15) is 9.59 Å². The van der Waals surface area contributed by atoms with Crippen LogP contribution in [0.15, 0.2) is 35.5 Å². The fourth-order valence-electron chi connectivity index (χ4n) is 3.04. The van der Waals surface area contributed by atoms with Crippen molar-refractivity contribution in [3.63, 3.8) is 0 Å². The van der Waals surface area contributed by atoms with Crippen LogP contribution in [-0.2, 0) is 17.8 Å². The summed E-state index contributed by atoms with van der Waals surface area (Å²) in [6.07, 6.45) is 6.02. The van der Waals surface area contributed by atoms with E-state index in [4.69, 9.17) is 0 Å². The molecule has 7 nitrogen and oxygen atoms in total. The number of nitrogens with one attached hydrogen (secondary N) is 3. The lowest BCUT2D eigenvalue weighted by Crippen LogP contribution is -2.39. The summed E-state index contributed by atoms with van der Waals surface area (Å²) in [5.74, 6) is 1.29. The lowest BCUT2D eigenvalue weighted by atomic mass is 10.0. The molecule has 1 fully saturated rings. The normalized spacial score (nSPS) is 14.3. The van der Waals surface area contributed by atoms with Crippen LogP contribution < -0.4 is 10.6 Å². The van der Waals surface area contributed by atoms with Gasteiger partial charge in [-0.15, -0.1) is 5.10 Å². The molecule has 1 saturated carbocycles. The van der Waals surface area contributed by atoms with E-state index < -0.39 is 6.03 Å². The molecule has 138 valence electrons. The van der Waals surface area contributed by atoms with Crippen LogP contribution in [-0.4, -0.2) is 32.9 Å². The van der Waals surface area contributed by atoms with Gasteiger partial charge in [0.05, 0.1) is 5.75 Å². The topological polar surface area (TPSA) is 99.8 Å². The first-order valence-corrected chi connectivity index (χ1v) is 9.83. The van der Waals surface area contributed by atoms with Crippen molar-refractivity contribution in [1.29, 1.82) is 0 Å². The molecule has 1 aliphatic rings. The SMILES string of the molecule is O=C(CSc1n[nH]c(CC2CCCC2)n1)NC(=O)NCc1ccccc1. The van der Waals surface area contributed by atoms with Gasteiger partial charge in [-0.1, -0.05) is 67.8 Å². The third-order valence-electron chi connectivity index (χ3n) is 4.35. The zero-order chi connectivity index (χ0) is 18.2. The summed E-state index contributed by atoms with van der Waals surface area (Å²) in [5.41, 5.74) is 0.972. The molecule has 0 spiro atoms. The zero-order valence-electron chi connectivity index (χ0n) is 14.5. The quantitative estimate of drug-likeness (QED) is 0.648. The van der Waals surface area contributed by atoms with E-state index in [1.165, 1.54) is 37.4 Å². The predicted molar refractivity (Wildman–Crippen MR) is 99.6 cm³/mol. The van der Waals surface area contributed by atoms with Crippen molar-refractivity contribution >= 4 is 23.7 Å². The Kier molecular flexibility index (Phi) is 6.65. The first-order chi connectivity index (χ1) is 12.7. The van der Waals surface area contributed by atoms with Crippen LogP contribution >= 0.6 is 11.8 Å². The first kappa shape index (κ1) is 18.4. The van der Waals surface area contributed by atoms with E-state index in [1.807, 2.05) is 30.3 Å². The number of amides is 3. The average Bonchev–Trinajstić information content (AvgIpc) is 3.32. The molecule has 3 N–H and O–H groups in total. The number of imide groups is 1. The third kappa shape index (κ3) is 5.87. The summed E-state index contributed by atoms with van der Waals surface area (Å²) >= 11 is 1.22. The minimum absolute atomic E-state index is 0.0967. The van der Waals surface area contributed by atoms with E-state index in [-0.39, 0.29) is 11.7 Å². The van der Waals surface area contributed by atoms with Gasteiger partial charge in [-0.2, -0.15) is 0 Å². The van der Waals surface area contributed by atoms with E-state index >= 15 is 0 Å². The number of carbonyl (C=O) groups is 2. The molecule has 0 atom stereocenters. The van der Waals surface area contributed by atoms with Crippen molar-refractivity contribution in [1.82, 2.24) is 25.8 Å². The van der Waals surface area contributed by atoms with Gasteiger partial charge in [0.25, 0.3) is 0 Å². The highest BCUT2D eigenvalue weighted by molar-refractivity contribution is 7.99. The standard InChI is InChI=1S/C18H23N5O2S/c24-16(21-17(25)19-11-14-8-2-1-3-9-14)12-26-18-20-15(22-23-18)10-13-6-4-5-7-13/h1-3,8-9,13H,4-7,10-12H2,(H,20,22,23)(H2,19,21,24,25). The zero-order valence-corrected chi connectivity index (χ0v) is 15.3. The summed E-state index contributed by atoms with van der Waals surface area (Å²) < 4.78 is 0. The summed E-state index contributed by atoms with van der Waals surface area (Å²) in [6, 6.07) is 9.01. The van der Waals surface area contributed by atoms with Crippen LogP contribution in [0.3, 0.4) is 0 Å². The second-order valence-corrected chi connectivity index (χ2v) is 7.37. The van der Waals surface area contributed by atoms with Crippen LogP contribution in [0.5, 0.6) is 0 Å². The lowest BCUT2D eigenvalue weighted by Gasteiger charge is -2.06. The van der Waals surface area contributed by atoms with Crippen molar-refractivity contribution in [2.24, 2.45) is 5.92 Å². The molecular formula is C18H23N5O2S. The maximum atomic E-state index is 11.9. The first-order valence-electron chi connectivity index (χ1n) is 8.85. The summed E-state index contributed by atoms with van der Waals surface area (Å²) in [6.45, 7) is 0.374. The number of rotatable bonds is 7. The highest BCUT2D eigenvalue weighted by Gasteiger charge is 2.17. The van der Waals surface area contributed by atoms with Gasteiger partial charge >= 0.3 is 6.03 Å². The van der Waals surface area contributed by atoms with Gasteiger partial charge in [-0.05, 0) is 11.5 Å². The molecule has 0 bridgehead atoms. The van der Waals surface area contributed by atoms with Crippen LogP contribution in [0, 0.1) is 5.92 Å². The Morgan fingerprint density at radius 2 is 1.96 bits per heavy atom. The molecule has 0 aliphatic heterocycles. The minimum Gasteiger partial charge on any atom is -0.334 e. The van der Waals surface area contributed by atoms with Crippen molar-refractivity contribution in [2.75, 3.05) is 5.75 Å². The Morgan fingerprint density at radius 3 is 2.73 bits per heavy atom. The highest BCUT2D eigenvalue weighted by atomic mass is 32.2. The van der Waals surface area contributed by atoms with Crippen molar-refractivity contribution < 1.29 is 9.59 Å². The number of benzene rings is 1. The van der Waals surface area contributed by atoms with Crippen molar-refractivity contribution in [2.45, 2.75) is 43.8 Å². The molecular weight excluding hydrogens is 350 g/mol. The molecule has 0 saturated heterocycles. The van der Waals surface area contributed by atoms with Gasteiger partial charge in [-0.3, -0.25) is 15.2 Å². The summed E-state index contributed by atoms with van der Waals surface area (Å²) in [7, 11) is 0. The number of aromatic nitrogens is 3. The molecule has 0 radical (unpaired) electrons. The molecule has 1 aliphatic carbocycles. The molecule has 3 rings (SSSR count). The molecule has 26 heavy (non-hydrogen) atoms. The number of aromatic amines is 1. The molecule has 0 unspecified atom stereocenters. The number of urea groups is 1. The predicted octanol–water partition coefficient (Wildman–Crippen LogP) is 2.66. The van der Waals surface area contributed by atoms with Crippen LogP contribution in [0.2, 0.25) is 0 Å². The maximum absolute atomic E-state index is 11.9. The van der Waals surface area contributed by atoms with E-state index in [2.05, 4.69) is 25.8 Å². The number of carbonyl (C=O) groups excluding carboxylic acids is 2. The average molecular weight is 373 g/mol. The number of hydrogen-bond donors (Lipinski definition) is 3. The fourth-order valence-corrected chi connectivity index (χ4v) is 3.65. The Hall–Kier alpha value is -2.35. The number of hydrogen-bond acceptors (Lipinski definition) is 5. The Labute approximate surface area is 156 Å². The Bertz CT molecular complexity index is 728. The second-order valence-electron chi connectivity index (χ2n) is 6.42. The smallest absolute Gasteiger partial charge is 0.321 e. The maximum Gasteiger partial charge on any atom is 0.321 e. The fraction of sp³-hybridized carbons (Fsp3) is 0.444. The Balaban J connectivity index is 1.35. The van der Waals surface area contributed by atoms with Crippen molar-refractivity contribution in [3.05, 3.63) is 41.7 Å². The monoisotopic (exact) mass is 373 g/mol. The van der Waals surface area contributed by atoms with Gasteiger partial charge < -0.3 is 5.32 Å². The van der Waals surface area contributed by atoms with Crippen LogP contribution in [0.1, 0.15) is 37.1 Å².